The van der Waals surface area contributed by atoms with Gasteiger partial charge in [-0.2, -0.15) is 18.6 Å². The Morgan fingerprint density at radius 3 is 1.70 bits per heavy atom. The molecule has 0 aliphatic carbocycles. The van der Waals surface area contributed by atoms with Crippen molar-refractivity contribution in [2.75, 3.05) is 144 Å². The maximum atomic E-state index is 14.3. The SMILES string of the molecule is C1CCOC1.CB(O)N1CC[C@H](C(CF)n2cc(-c3ncnc4[nH]ccc34)cn2)C1.CS(=O)(=O)OC(CF)[C@H]1CCN([B]C=O)C1.C[Si](C)(C)CCOCn1ccc2c(-c3cn[nH]c3)ncnc21.FB(F)F.O=C[B]N1CC[C@H](C(=O)O)C1.O=C[B]N1CC[C@H](C(O)C(F)S(=O)(=O)c2ccccc2)C1.O=C[B]N1CC[C@H](C(O)CF)C1.O=C[B]N1CC[C@H](C=O)C1.O=C[B]N1CC[C@H](CO)C1. The van der Waals surface area contributed by atoms with Crippen LogP contribution < -0.4 is 0 Å². The Bertz CT molecular complexity index is 4880. The van der Waals surface area contributed by atoms with Gasteiger partial charge >= 0.3 is 20.6 Å². The maximum absolute atomic E-state index is 14.3. The van der Waals surface area contributed by atoms with Crippen molar-refractivity contribution >= 4 is 159 Å². The number of carboxylic acids is 1. The van der Waals surface area contributed by atoms with E-state index in [1.807, 2.05) is 55.9 Å². The van der Waals surface area contributed by atoms with E-state index in [1.165, 1.54) is 94.0 Å². The number of hydrogen-bond acceptors (Lipinski definition) is 32. The number of aliphatic hydroxyl groups excluding tert-OH is 3. The second-order valence-electron chi connectivity index (χ2n) is 34.3. The molecular weight excluding hydrogens is 1840 g/mol. The lowest BCUT2D eigenvalue weighted by molar-refractivity contribution is -0.141. The average molecular weight is 1960 g/mol. The molecule has 15 rings (SSSR count). The zero-order valence-corrected chi connectivity index (χ0v) is 79.5. The van der Waals surface area contributed by atoms with Crippen LogP contribution in [0.5, 0.6) is 0 Å². The highest BCUT2D eigenvalue weighted by molar-refractivity contribution is 7.92. The number of fused-ring (bicyclic) bond motifs is 2. The van der Waals surface area contributed by atoms with E-state index in [2.05, 4.69) is 64.0 Å². The molecule has 0 saturated carbocycles. The van der Waals surface area contributed by atoms with Crippen LogP contribution >= 0.6 is 0 Å². The van der Waals surface area contributed by atoms with E-state index in [9.17, 15) is 95.8 Å². The number of aliphatic carboxylic acids is 1. The zero-order valence-electron chi connectivity index (χ0n) is 76.9. The number of hydrogen-bond donors (Lipinski definition) is 7. The van der Waals surface area contributed by atoms with E-state index in [-0.39, 0.29) is 53.7 Å². The molecular formula is C81H120B8F7N17O20S2Si. The zero-order chi connectivity index (χ0) is 99.8. The number of H-pyrrole nitrogens is 2. The third kappa shape index (κ3) is 40.5. The number of aromatic amines is 2. The van der Waals surface area contributed by atoms with Crippen LogP contribution in [0.1, 0.15) is 63.8 Å². The van der Waals surface area contributed by atoms with Gasteiger partial charge in [0.1, 0.15) is 69.2 Å². The van der Waals surface area contributed by atoms with E-state index >= 15 is 0 Å². The number of carbonyl (C=O) groups is 8. The summed E-state index contributed by atoms with van der Waals surface area (Å²) in [5.74, 6) is -1.17. The van der Waals surface area contributed by atoms with Crippen molar-refractivity contribution in [2.45, 2.75) is 132 Å². The minimum absolute atomic E-state index is 0.0220. The van der Waals surface area contributed by atoms with Gasteiger partial charge in [0.15, 0.2) is 0 Å². The monoisotopic (exact) mass is 1960 g/mol. The highest BCUT2D eigenvalue weighted by Gasteiger charge is 2.42. The Kier molecular flexibility index (Phi) is 53.0. The average Bonchev–Trinajstić information content (AvgIpc) is 1.58. The number of sulfone groups is 1. The Morgan fingerprint density at radius 2 is 1.19 bits per heavy atom. The fraction of sp³-hybridized carbons (Fsp3) is 0.605. The van der Waals surface area contributed by atoms with Crippen LogP contribution in [0.25, 0.3) is 44.6 Å². The topological polar surface area (TPSA) is 475 Å². The van der Waals surface area contributed by atoms with E-state index < -0.39 is 98.4 Å². The van der Waals surface area contributed by atoms with Crippen LogP contribution in [0, 0.1) is 41.4 Å². The van der Waals surface area contributed by atoms with Gasteiger partial charge in [-0.25, -0.2) is 45.9 Å². The Morgan fingerprint density at radius 1 is 0.647 bits per heavy atom. The molecule has 37 nitrogen and oxygen atoms in total. The van der Waals surface area contributed by atoms with Crippen LogP contribution in [0.15, 0.2) is 97.2 Å². The predicted molar refractivity (Wildman–Crippen MR) is 508 cm³/mol. The smallest absolute Gasteiger partial charge is 0.481 e. The number of aliphatic hydroxyl groups is 3. The summed E-state index contributed by atoms with van der Waals surface area (Å²) in [6.45, 7) is 19.4. The predicted octanol–water partition coefficient (Wildman–Crippen LogP) is 3.33. The molecule has 6 aromatic heterocycles. The van der Waals surface area contributed by atoms with Crippen molar-refractivity contribution in [3.05, 3.63) is 92.3 Å². The number of carboxylic acid groups (broad SMARTS) is 1. The second kappa shape index (κ2) is 61.9. The summed E-state index contributed by atoms with van der Waals surface area (Å²) in [7, 11) is -4.54. The molecule has 14 heterocycles. The number of alkyl halides is 4. The number of aromatic nitrogens is 10. The number of nitrogens with one attached hydrogen (secondary N) is 2. The van der Waals surface area contributed by atoms with Crippen LogP contribution in [0.3, 0.4) is 0 Å². The molecule has 8 fully saturated rings. The van der Waals surface area contributed by atoms with Gasteiger partial charge in [0.25, 0.3) is 54.6 Å². The third-order valence-electron chi connectivity index (χ3n) is 23.2. The Balaban J connectivity index is 0.000000240. The van der Waals surface area contributed by atoms with Gasteiger partial charge in [0, 0.05) is 111 Å². The molecule has 8 saturated heterocycles. The number of carbonyl (C=O) groups excluding carboxylic acids is 7. The molecule has 6 radical (unpaired) electrons. The largest absolute Gasteiger partial charge is 0.762 e. The summed E-state index contributed by atoms with van der Waals surface area (Å²) < 4.78 is 147. The van der Waals surface area contributed by atoms with Crippen molar-refractivity contribution in [3.8, 4) is 22.5 Å². The quantitative estimate of drug-likeness (QED) is 0.00973. The van der Waals surface area contributed by atoms with Crippen LogP contribution in [0.4, 0.5) is 30.5 Å². The molecule has 8 aliphatic rings. The van der Waals surface area contributed by atoms with Gasteiger partial charge in [-0.15, -0.1) is 0 Å². The van der Waals surface area contributed by atoms with Gasteiger partial charge in [0.2, 0.25) is 15.3 Å². The van der Waals surface area contributed by atoms with Crippen molar-refractivity contribution in [1.82, 2.24) is 83.1 Å². The van der Waals surface area contributed by atoms with Gasteiger partial charge in [-0.3, -0.25) is 31.7 Å². The number of rotatable bonds is 36. The third-order valence-corrected chi connectivity index (χ3v) is 27.3. The summed E-state index contributed by atoms with van der Waals surface area (Å²) in [5.41, 5.74) is 2.76. The van der Waals surface area contributed by atoms with E-state index in [0.717, 1.165) is 148 Å². The standard InChI is InChI=1S/C16H20BFN6O.C15H21N5OSi.C13H16BFNO4S.C8H14BFNO4S.C7H12BFNO2.C6H9BNO3.C6H11BNO2.C6H9BNO2.C4H8O.BF3/c1-17(25)23-5-3-11(8-23)14(6-18)24-9-12(7-22-24)15-13-2-4-19-16(13)21-10-20-15;1-22(2,3)7-6-21-11-20-5-4-13-14(12-8-18-19-9-12)16-10-17-15(13)20;15-13(21(19,20)11-4-2-1-3-5-11)12(18)10-6-7-16(8-10)14-9-17;1-16(13,14)15-8(4-10)7-2-3-11(5-7)9-6-12;9-3-7(12)6-1-2-10(4-6)8-5-11;9-4-7-8-2-1-5(3-8)6(10)11;2*9-4-6-1-2-8(3-6)7-5-10;1-2-4-5-3-1;2-1(3)4/h2,4,7,9-11,14,25H,3,5-6,8H2,1H3,(H,19,20,21);4-5,8-10H,6-7,11H2,1-3H3,(H,18,19);1-5,9-10,12-13,18H,6-8H2;6-8H,2-5H2,1H3;5-7,12H,1-4H2;4-5H,1-3H2,(H,10,11);5-6,9H,1-4H2;4-6H,1-3H2;1-4H2;/t11-,14?;;10-,12?,13?;7-,8?;6-,7?;5-;2*6-;;/m0.000000../s1. The van der Waals surface area contributed by atoms with Crippen molar-refractivity contribution < 1.29 is 125 Å². The summed E-state index contributed by atoms with van der Waals surface area (Å²) >= 11 is 0. The van der Waals surface area contributed by atoms with E-state index in [0.29, 0.717) is 109 Å². The van der Waals surface area contributed by atoms with Gasteiger partial charge in [-0.05, 0) is 192 Å². The highest BCUT2D eigenvalue weighted by Crippen LogP contribution is 2.34. The molecule has 7 aromatic rings. The number of ether oxygens (including phenoxy) is 2. The van der Waals surface area contributed by atoms with Crippen molar-refractivity contribution in [3.63, 3.8) is 0 Å². The van der Waals surface area contributed by atoms with Gasteiger partial charge in [-0.1, -0.05) is 37.8 Å². The molecule has 0 amide bonds. The lowest BCUT2D eigenvalue weighted by Crippen LogP contribution is -2.38. The maximum Gasteiger partial charge on any atom is 0.762 e. The molecule has 1 aromatic carbocycles. The molecule has 5 unspecified atom stereocenters. The van der Waals surface area contributed by atoms with E-state index in [4.69, 9.17) is 24.8 Å². The summed E-state index contributed by atoms with van der Waals surface area (Å²) in [6.07, 6.45) is 24.5. The molecule has 7 N–H and O–H groups in total. The molecule has 136 heavy (non-hydrogen) atoms. The highest BCUT2D eigenvalue weighted by atomic mass is 32.2. The first kappa shape index (κ1) is 116. The summed E-state index contributed by atoms with van der Waals surface area (Å²) in [5, 5.41) is 59.3. The first-order valence-electron chi connectivity index (χ1n) is 44.5. The molecule has 0 bridgehead atoms. The fourth-order valence-corrected chi connectivity index (χ4v) is 18.5. The normalized spacial score (nSPS) is 21.3. The lowest BCUT2D eigenvalue weighted by atomic mass is 9.85. The second-order valence-corrected chi connectivity index (χ2v) is 43.5. The molecule has 55 heteroatoms. The molecule has 0 spiro atoms. The van der Waals surface area contributed by atoms with E-state index in [1.54, 1.807) is 55.5 Å². The first-order chi connectivity index (χ1) is 65.1. The molecule has 12 atom stereocenters. The Labute approximate surface area is 794 Å². The fourth-order valence-electron chi connectivity index (χ4n) is 15.7. The van der Waals surface area contributed by atoms with Crippen LogP contribution in [-0.2, 0) is 78.7 Å². The molecule has 738 valence electrons. The number of halogens is 7. The minimum Gasteiger partial charge on any atom is -0.481 e. The van der Waals surface area contributed by atoms with Crippen molar-refractivity contribution in [1.29, 1.82) is 0 Å². The molecule has 8 aliphatic heterocycles. The summed E-state index contributed by atoms with van der Waals surface area (Å²) in [4.78, 5) is 114. The Hall–Kier alpha value is -8.37. The van der Waals surface area contributed by atoms with Gasteiger partial charge in [0.05, 0.1) is 90.1 Å². The van der Waals surface area contributed by atoms with Gasteiger partial charge < -0.3 is 112 Å². The van der Waals surface area contributed by atoms with Crippen molar-refractivity contribution in [2.24, 2.45) is 41.4 Å². The number of aldehydes is 1. The van der Waals surface area contributed by atoms with Crippen LogP contribution in [0.2, 0.25) is 32.5 Å². The lowest BCUT2D eigenvalue weighted by Gasteiger charge is -2.22. The van der Waals surface area contributed by atoms with Crippen LogP contribution in [-0.4, -0.2) is 410 Å². The summed E-state index contributed by atoms with van der Waals surface area (Å²) in [6, 6.07) is 12.0. The number of benzene rings is 1. The number of nitrogens with zero attached hydrogens (tertiary/aromatic N) is 15. The minimum atomic E-state index is -4.22. The first-order valence-corrected chi connectivity index (χ1v) is 51.6.